The van der Waals surface area contributed by atoms with E-state index in [4.69, 9.17) is 9.47 Å². The van der Waals surface area contributed by atoms with Gasteiger partial charge in [0.15, 0.2) is 11.5 Å². The monoisotopic (exact) mass is 408 g/mol. The Hall–Kier alpha value is -1.80. The van der Waals surface area contributed by atoms with E-state index in [-0.39, 0.29) is 16.2 Å². The molecule has 0 aromatic heterocycles. The highest BCUT2D eigenvalue weighted by atomic mass is 32.2. The lowest BCUT2D eigenvalue weighted by Gasteiger charge is -2.56. The number of sulfonamides is 1. The summed E-state index contributed by atoms with van der Waals surface area (Å²) in [7, 11) is -0.976. The molecule has 5 rings (SSSR count). The van der Waals surface area contributed by atoms with Crippen LogP contribution in [0.15, 0.2) is 23.1 Å². The van der Waals surface area contributed by atoms with Gasteiger partial charge >= 0.3 is 0 Å². The molecular formula is C20H28N2O5S. The fourth-order valence-electron chi connectivity index (χ4n) is 6.06. The maximum absolute atomic E-state index is 12.5. The largest absolute Gasteiger partial charge is 0.493 e. The van der Waals surface area contributed by atoms with Crippen LogP contribution in [0.3, 0.4) is 0 Å². The Morgan fingerprint density at radius 3 is 2.14 bits per heavy atom. The third kappa shape index (κ3) is 3.72. The minimum absolute atomic E-state index is 0.000236. The van der Waals surface area contributed by atoms with Crippen molar-refractivity contribution in [1.29, 1.82) is 0 Å². The molecule has 4 fully saturated rings. The molecule has 28 heavy (non-hydrogen) atoms. The van der Waals surface area contributed by atoms with Crippen molar-refractivity contribution in [2.24, 2.45) is 23.2 Å². The molecule has 154 valence electrons. The minimum atomic E-state index is -3.90. The van der Waals surface area contributed by atoms with Crippen LogP contribution in [0.25, 0.3) is 0 Å². The van der Waals surface area contributed by atoms with E-state index in [0.717, 1.165) is 37.0 Å². The Balaban J connectivity index is 1.39. The molecule has 4 aliphatic carbocycles. The molecule has 0 radical (unpaired) electrons. The zero-order valence-corrected chi connectivity index (χ0v) is 17.2. The second-order valence-corrected chi connectivity index (χ2v) is 10.4. The highest BCUT2D eigenvalue weighted by Crippen LogP contribution is 2.61. The van der Waals surface area contributed by atoms with Gasteiger partial charge in [0.1, 0.15) is 0 Å². The normalized spacial score (nSPS) is 30.9. The van der Waals surface area contributed by atoms with Crippen LogP contribution < -0.4 is 19.7 Å². The molecule has 4 saturated carbocycles. The minimum Gasteiger partial charge on any atom is -0.493 e. The van der Waals surface area contributed by atoms with E-state index in [1.54, 1.807) is 0 Å². The number of rotatable bonds is 7. The molecule has 4 aliphatic rings. The fourth-order valence-corrected chi connectivity index (χ4v) is 6.93. The van der Waals surface area contributed by atoms with E-state index in [1.807, 2.05) is 0 Å². The van der Waals surface area contributed by atoms with Gasteiger partial charge < -0.3 is 9.47 Å². The number of ether oxygens (including phenoxy) is 2. The van der Waals surface area contributed by atoms with Crippen molar-refractivity contribution >= 4 is 15.9 Å². The summed E-state index contributed by atoms with van der Waals surface area (Å²) in [5, 5.41) is 0. The third-order valence-electron chi connectivity index (χ3n) is 6.69. The molecule has 4 bridgehead atoms. The number of carbonyl (C=O) groups excluding carboxylic acids is 1. The van der Waals surface area contributed by atoms with E-state index < -0.39 is 10.0 Å². The van der Waals surface area contributed by atoms with Gasteiger partial charge in [0.05, 0.1) is 19.1 Å². The van der Waals surface area contributed by atoms with Gasteiger partial charge in [-0.05, 0) is 73.8 Å². The van der Waals surface area contributed by atoms with E-state index >= 15 is 0 Å². The van der Waals surface area contributed by atoms with Crippen molar-refractivity contribution in [3.63, 3.8) is 0 Å². The molecule has 0 saturated heterocycles. The maximum atomic E-state index is 12.5. The lowest BCUT2D eigenvalue weighted by molar-refractivity contribution is -0.129. The zero-order chi connectivity index (χ0) is 19.9. The number of methoxy groups -OCH3 is 2. The fraction of sp³-hybridized carbons (Fsp3) is 0.650. The van der Waals surface area contributed by atoms with Crippen molar-refractivity contribution in [3.05, 3.63) is 18.2 Å². The van der Waals surface area contributed by atoms with Gasteiger partial charge in [-0.1, -0.05) is 0 Å². The first-order valence-electron chi connectivity index (χ1n) is 9.85. The first kappa shape index (κ1) is 19.5. The molecular weight excluding hydrogens is 380 g/mol. The van der Waals surface area contributed by atoms with Gasteiger partial charge in [-0.15, -0.1) is 4.83 Å². The van der Waals surface area contributed by atoms with E-state index in [9.17, 15) is 13.2 Å². The number of benzene rings is 1. The maximum Gasteiger partial charge on any atom is 0.257 e. The molecule has 0 heterocycles. The van der Waals surface area contributed by atoms with Gasteiger partial charge in [0, 0.05) is 12.5 Å². The summed E-state index contributed by atoms with van der Waals surface area (Å²) in [6.45, 7) is 0. The lowest BCUT2D eigenvalue weighted by atomic mass is 9.49. The quantitative estimate of drug-likeness (QED) is 0.677. The third-order valence-corrected chi connectivity index (χ3v) is 7.94. The molecule has 0 spiro atoms. The van der Waals surface area contributed by atoms with Gasteiger partial charge in [-0.3, -0.25) is 10.2 Å². The summed E-state index contributed by atoms with van der Waals surface area (Å²) in [5.41, 5.74) is 2.48. The Kier molecular flexibility index (Phi) is 5.03. The molecule has 8 heteroatoms. The lowest BCUT2D eigenvalue weighted by Crippen LogP contribution is -2.50. The van der Waals surface area contributed by atoms with Crippen molar-refractivity contribution in [2.45, 2.75) is 49.8 Å². The van der Waals surface area contributed by atoms with E-state index in [0.29, 0.717) is 17.9 Å². The number of hydrogen-bond donors (Lipinski definition) is 2. The number of hydrogen-bond acceptors (Lipinski definition) is 5. The van der Waals surface area contributed by atoms with Crippen LogP contribution in [0, 0.1) is 23.2 Å². The van der Waals surface area contributed by atoms with Crippen LogP contribution in [-0.4, -0.2) is 28.5 Å². The number of amides is 1. The first-order valence-corrected chi connectivity index (χ1v) is 11.3. The summed E-state index contributed by atoms with van der Waals surface area (Å²) in [5.74, 6) is 2.75. The van der Waals surface area contributed by atoms with Crippen molar-refractivity contribution in [1.82, 2.24) is 10.3 Å². The Bertz CT molecular complexity index is 832. The van der Waals surface area contributed by atoms with Crippen LogP contribution in [-0.2, 0) is 14.8 Å². The zero-order valence-electron chi connectivity index (χ0n) is 16.4. The summed E-state index contributed by atoms with van der Waals surface area (Å²) < 4.78 is 35.4. The number of carbonyl (C=O) groups is 1. The number of nitrogens with one attached hydrogen (secondary N) is 2. The van der Waals surface area contributed by atoms with E-state index in [2.05, 4.69) is 10.3 Å². The van der Waals surface area contributed by atoms with Crippen LogP contribution in [0.5, 0.6) is 11.5 Å². The summed E-state index contributed by atoms with van der Waals surface area (Å²) >= 11 is 0. The standard InChI is InChI=1S/C20H28N2O5S/c1-26-17-4-3-16(8-18(17)27-2)28(24,25)22-21-19(23)12-20-9-13-5-14(10-20)7-15(6-13)11-20/h3-4,8,13-15,22H,5-7,9-12H2,1-2H3,(H,21,23). The number of hydrazine groups is 1. The molecule has 2 N–H and O–H groups in total. The molecule has 1 aromatic carbocycles. The second kappa shape index (κ2) is 7.22. The van der Waals surface area contributed by atoms with Gasteiger partial charge in [0.25, 0.3) is 10.0 Å². The Labute approximate surface area is 166 Å². The van der Waals surface area contributed by atoms with Gasteiger partial charge in [0.2, 0.25) is 5.91 Å². The molecule has 1 aromatic rings. The Morgan fingerprint density at radius 2 is 1.61 bits per heavy atom. The topological polar surface area (TPSA) is 93.7 Å². The van der Waals surface area contributed by atoms with Crippen molar-refractivity contribution in [3.8, 4) is 11.5 Å². The smallest absolute Gasteiger partial charge is 0.257 e. The highest BCUT2D eigenvalue weighted by Gasteiger charge is 2.51. The van der Waals surface area contributed by atoms with Crippen LogP contribution >= 0.6 is 0 Å². The first-order chi connectivity index (χ1) is 13.3. The average molecular weight is 409 g/mol. The summed E-state index contributed by atoms with van der Waals surface area (Å²) in [4.78, 5) is 14.8. The summed E-state index contributed by atoms with van der Waals surface area (Å²) in [6, 6.07) is 4.30. The Morgan fingerprint density at radius 1 is 1.04 bits per heavy atom. The van der Waals surface area contributed by atoms with Crippen LogP contribution in [0.4, 0.5) is 0 Å². The van der Waals surface area contributed by atoms with E-state index in [1.165, 1.54) is 51.7 Å². The highest BCUT2D eigenvalue weighted by molar-refractivity contribution is 7.89. The van der Waals surface area contributed by atoms with Crippen molar-refractivity contribution < 1.29 is 22.7 Å². The van der Waals surface area contributed by atoms with Crippen LogP contribution in [0.1, 0.15) is 44.9 Å². The molecule has 0 unspecified atom stereocenters. The van der Waals surface area contributed by atoms with Crippen molar-refractivity contribution in [2.75, 3.05) is 14.2 Å². The summed E-state index contributed by atoms with van der Waals surface area (Å²) in [6.07, 6.45) is 7.65. The van der Waals surface area contributed by atoms with Crippen LogP contribution in [0.2, 0.25) is 0 Å². The second-order valence-electron chi connectivity index (χ2n) is 8.76. The molecule has 1 amide bonds. The molecule has 0 atom stereocenters. The predicted octanol–water partition coefficient (Wildman–Crippen LogP) is 2.62. The SMILES string of the molecule is COc1ccc(S(=O)(=O)NNC(=O)CC23CC4CC(CC(C4)C2)C3)cc1OC. The molecule has 7 nitrogen and oxygen atoms in total. The van der Waals surface area contributed by atoms with Gasteiger partial charge in [-0.25, -0.2) is 8.42 Å². The average Bonchev–Trinajstić information content (AvgIpc) is 2.64. The predicted molar refractivity (Wildman–Crippen MR) is 103 cm³/mol. The van der Waals surface area contributed by atoms with Gasteiger partial charge in [-0.2, -0.15) is 0 Å². The molecule has 0 aliphatic heterocycles.